The smallest absolute Gasteiger partial charge is 0.107 e. The van der Waals surface area contributed by atoms with Gasteiger partial charge in [0.1, 0.15) is 5.82 Å². The maximum absolute atomic E-state index is 4.35. The fraction of sp³-hybridized carbons (Fsp3) is 0.438. The third-order valence-electron chi connectivity index (χ3n) is 3.79. The normalized spacial score (nSPS) is 13.4. The van der Waals surface area contributed by atoms with Crippen molar-refractivity contribution in [1.82, 2.24) is 15.3 Å². The van der Waals surface area contributed by atoms with Crippen molar-refractivity contribution in [2.75, 3.05) is 6.54 Å². The monoisotopic (exact) mass is 257 g/mol. The van der Waals surface area contributed by atoms with E-state index in [0.717, 1.165) is 18.8 Å². The highest BCUT2D eigenvalue weighted by Crippen LogP contribution is 2.28. The van der Waals surface area contributed by atoms with Gasteiger partial charge < -0.3 is 10.3 Å². The second-order valence-corrected chi connectivity index (χ2v) is 5.44. The molecule has 0 amide bonds. The Kier molecular flexibility index (Phi) is 4.38. The van der Waals surface area contributed by atoms with Crippen LogP contribution in [0.15, 0.2) is 42.7 Å². The number of rotatable bonds is 6. The summed E-state index contributed by atoms with van der Waals surface area (Å²) >= 11 is 0. The van der Waals surface area contributed by atoms with Crippen LogP contribution in [0.4, 0.5) is 0 Å². The number of imidazole rings is 1. The van der Waals surface area contributed by atoms with Gasteiger partial charge in [0.2, 0.25) is 0 Å². The zero-order valence-electron chi connectivity index (χ0n) is 12.0. The molecule has 1 atom stereocenters. The summed E-state index contributed by atoms with van der Waals surface area (Å²) in [7, 11) is 0. The maximum Gasteiger partial charge on any atom is 0.107 e. The Labute approximate surface area is 115 Å². The van der Waals surface area contributed by atoms with Crippen molar-refractivity contribution >= 4 is 0 Å². The van der Waals surface area contributed by atoms with Gasteiger partial charge in [-0.05, 0) is 12.1 Å². The van der Waals surface area contributed by atoms with Crippen LogP contribution in [-0.4, -0.2) is 22.6 Å². The highest BCUT2D eigenvalue weighted by Gasteiger charge is 2.31. The van der Waals surface area contributed by atoms with Crippen LogP contribution < -0.4 is 5.32 Å². The first-order valence-electron chi connectivity index (χ1n) is 6.91. The SMILES string of the molecule is CCNC(Cc1ncc[nH]1)C(C)(C)c1ccccc1. The molecule has 0 aliphatic carbocycles. The van der Waals surface area contributed by atoms with Gasteiger partial charge in [0.15, 0.2) is 0 Å². The van der Waals surface area contributed by atoms with E-state index in [1.54, 1.807) is 0 Å². The minimum absolute atomic E-state index is 0.0596. The molecular weight excluding hydrogens is 234 g/mol. The van der Waals surface area contributed by atoms with Gasteiger partial charge in [0.05, 0.1) is 0 Å². The van der Waals surface area contributed by atoms with E-state index in [0.29, 0.717) is 6.04 Å². The molecule has 0 aliphatic heterocycles. The van der Waals surface area contributed by atoms with E-state index in [9.17, 15) is 0 Å². The average molecular weight is 257 g/mol. The van der Waals surface area contributed by atoms with Crippen molar-refractivity contribution in [1.29, 1.82) is 0 Å². The lowest BCUT2D eigenvalue weighted by Crippen LogP contribution is -2.46. The van der Waals surface area contributed by atoms with E-state index in [4.69, 9.17) is 0 Å². The van der Waals surface area contributed by atoms with Crippen LogP contribution in [0.1, 0.15) is 32.2 Å². The van der Waals surface area contributed by atoms with Crippen LogP contribution in [0.25, 0.3) is 0 Å². The topological polar surface area (TPSA) is 40.7 Å². The van der Waals surface area contributed by atoms with Crippen molar-refractivity contribution in [3.05, 3.63) is 54.1 Å². The van der Waals surface area contributed by atoms with Crippen LogP contribution in [0.3, 0.4) is 0 Å². The van der Waals surface area contributed by atoms with E-state index in [1.807, 2.05) is 12.4 Å². The predicted molar refractivity (Wildman–Crippen MR) is 79.2 cm³/mol. The highest BCUT2D eigenvalue weighted by molar-refractivity contribution is 5.26. The Morgan fingerprint density at radius 2 is 2.00 bits per heavy atom. The molecule has 0 radical (unpaired) electrons. The lowest BCUT2D eigenvalue weighted by Gasteiger charge is -2.35. The third-order valence-corrected chi connectivity index (χ3v) is 3.79. The molecule has 2 rings (SSSR count). The molecule has 0 saturated carbocycles. The number of nitrogens with zero attached hydrogens (tertiary/aromatic N) is 1. The van der Waals surface area contributed by atoms with E-state index in [1.165, 1.54) is 5.56 Å². The molecule has 1 aromatic carbocycles. The zero-order chi connectivity index (χ0) is 13.7. The summed E-state index contributed by atoms with van der Waals surface area (Å²) in [4.78, 5) is 7.55. The number of nitrogens with one attached hydrogen (secondary N) is 2. The fourth-order valence-electron chi connectivity index (χ4n) is 2.50. The van der Waals surface area contributed by atoms with E-state index >= 15 is 0 Å². The summed E-state index contributed by atoms with van der Waals surface area (Å²) < 4.78 is 0. The Hall–Kier alpha value is -1.61. The van der Waals surface area contributed by atoms with Gasteiger partial charge in [-0.1, -0.05) is 51.1 Å². The summed E-state index contributed by atoms with van der Waals surface area (Å²) in [6.45, 7) is 7.69. The van der Waals surface area contributed by atoms with Gasteiger partial charge in [-0.25, -0.2) is 4.98 Å². The molecule has 1 heterocycles. The first kappa shape index (κ1) is 13.8. The van der Waals surface area contributed by atoms with Gasteiger partial charge in [-0.15, -0.1) is 0 Å². The molecule has 3 heteroatoms. The van der Waals surface area contributed by atoms with Crippen LogP contribution in [-0.2, 0) is 11.8 Å². The zero-order valence-corrected chi connectivity index (χ0v) is 12.0. The molecule has 19 heavy (non-hydrogen) atoms. The van der Waals surface area contributed by atoms with Crippen molar-refractivity contribution in [3.8, 4) is 0 Å². The largest absolute Gasteiger partial charge is 0.349 e. The van der Waals surface area contributed by atoms with Crippen molar-refractivity contribution < 1.29 is 0 Å². The van der Waals surface area contributed by atoms with Gasteiger partial charge in [-0.3, -0.25) is 0 Å². The second kappa shape index (κ2) is 6.02. The Morgan fingerprint density at radius 3 is 2.58 bits per heavy atom. The van der Waals surface area contributed by atoms with Gasteiger partial charge in [0.25, 0.3) is 0 Å². The van der Waals surface area contributed by atoms with Crippen LogP contribution >= 0.6 is 0 Å². The number of likely N-dealkylation sites (N-methyl/N-ethyl adjacent to an activating group) is 1. The van der Waals surface area contributed by atoms with E-state index < -0.39 is 0 Å². The van der Waals surface area contributed by atoms with Crippen molar-refractivity contribution in [2.24, 2.45) is 0 Å². The first-order valence-corrected chi connectivity index (χ1v) is 6.91. The highest BCUT2D eigenvalue weighted by atomic mass is 15.0. The molecule has 0 aliphatic rings. The van der Waals surface area contributed by atoms with Crippen LogP contribution in [0.5, 0.6) is 0 Å². The number of hydrogen-bond acceptors (Lipinski definition) is 2. The predicted octanol–water partition coefficient (Wildman–Crippen LogP) is 2.91. The third kappa shape index (κ3) is 3.24. The summed E-state index contributed by atoms with van der Waals surface area (Å²) in [5.74, 6) is 1.04. The minimum Gasteiger partial charge on any atom is -0.349 e. The molecule has 0 spiro atoms. The molecule has 0 bridgehead atoms. The Morgan fingerprint density at radius 1 is 1.26 bits per heavy atom. The van der Waals surface area contributed by atoms with Crippen LogP contribution in [0, 0.1) is 0 Å². The molecule has 1 aromatic heterocycles. The molecule has 0 saturated heterocycles. The Balaban J connectivity index is 2.22. The van der Waals surface area contributed by atoms with Crippen molar-refractivity contribution in [3.63, 3.8) is 0 Å². The lowest BCUT2D eigenvalue weighted by atomic mass is 9.76. The Bertz CT molecular complexity index is 474. The van der Waals surface area contributed by atoms with Gasteiger partial charge in [-0.2, -0.15) is 0 Å². The second-order valence-electron chi connectivity index (χ2n) is 5.44. The standard InChI is InChI=1S/C16H23N3/c1-4-17-14(12-15-18-10-11-19-15)16(2,3)13-8-6-5-7-9-13/h5-11,14,17H,4,12H2,1-3H3,(H,18,19). The summed E-state index contributed by atoms with van der Waals surface area (Å²) in [6.07, 6.45) is 4.60. The quantitative estimate of drug-likeness (QED) is 0.835. The molecule has 1 unspecified atom stereocenters. The summed E-state index contributed by atoms with van der Waals surface area (Å²) in [5, 5.41) is 3.60. The number of benzene rings is 1. The van der Waals surface area contributed by atoms with Gasteiger partial charge in [0, 0.05) is 30.3 Å². The van der Waals surface area contributed by atoms with E-state index in [-0.39, 0.29) is 5.41 Å². The van der Waals surface area contributed by atoms with E-state index in [2.05, 4.69) is 66.4 Å². The molecular formula is C16H23N3. The number of H-pyrrole nitrogens is 1. The summed E-state index contributed by atoms with van der Waals surface area (Å²) in [5.41, 5.74) is 1.41. The van der Waals surface area contributed by atoms with Crippen molar-refractivity contribution in [2.45, 2.75) is 38.6 Å². The average Bonchev–Trinajstić information content (AvgIpc) is 2.92. The molecule has 0 fully saturated rings. The fourth-order valence-corrected chi connectivity index (χ4v) is 2.50. The number of aromatic nitrogens is 2. The lowest BCUT2D eigenvalue weighted by molar-refractivity contribution is 0.339. The summed E-state index contributed by atoms with van der Waals surface area (Å²) in [6, 6.07) is 11.0. The first-order chi connectivity index (χ1) is 9.14. The number of aromatic amines is 1. The molecule has 2 aromatic rings. The number of hydrogen-bond donors (Lipinski definition) is 2. The minimum atomic E-state index is 0.0596. The molecule has 3 nitrogen and oxygen atoms in total. The van der Waals surface area contributed by atoms with Gasteiger partial charge >= 0.3 is 0 Å². The maximum atomic E-state index is 4.35. The molecule has 102 valence electrons. The van der Waals surface area contributed by atoms with Crippen LogP contribution in [0.2, 0.25) is 0 Å². The molecule has 2 N–H and O–H groups in total.